The zero-order chi connectivity index (χ0) is 16.3. The molecule has 124 valence electrons. The predicted octanol–water partition coefficient (Wildman–Crippen LogP) is 2.79. The average molecular weight is 314 g/mol. The van der Waals surface area contributed by atoms with Gasteiger partial charge in [0.2, 0.25) is 11.8 Å². The molecule has 4 nitrogen and oxygen atoms in total. The monoisotopic (exact) mass is 314 g/mol. The van der Waals surface area contributed by atoms with Gasteiger partial charge in [0, 0.05) is 19.6 Å². The fourth-order valence-corrected chi connectivity index (χ4v) is 3.30. The fraction of sp³-hybridized carbons (Fsp3) is 0.579. The van der Waals surface area contributed by atoms with Crippen molar-refractivity contribution in [1.29, 1.82) is 0 Å². The first-order valence-corrected chi connectivity index (χ1v) is 8.75. The van der Waals surface area contributed by atoms with Crippen molar-refractivity contribution in [1.82, 2.24) is 10.2 Å². The van der Waals surface area contributed by atoms with E-state index in [0.29, 0.717) is 19.4 Å². The standard InChI is InChI=1S/C19H26N2O2/c1-15-6-8-16(9-7-15)14-20-17(22)19(10-11-19)18(23)21-12-4-2-3-5-13-21/h6-9H,2-5,10-14H2,1H3,(H,20,22). The van der Waals surface area contributed by atoms with Crippen LogP contribution in [0.2, 0.25) is 0 Å². The maximum absolute atomic E-state index is 12.8. The summed E-state index contributed by atoms with van der Waals surface area (Å²) in [5.74, 6) is -0.0341. The van der Waals surface area contributed by atoms with Crippen LogP contribution < -0.4 is 5.32 Å². The van der Waals surface area contributed by atoms with Gasteiger partial charge in [-0.2, -0.15) is 0 Å². The maximum Gasteiger partial charge on any atom is 0.238 e. The number of nitrogens with zero attached hydrogens (tertiary/aromatic N) is 1. The number of benzene rings is 1. The number of hydrogen-bond acceptors (Lipinski definition) is 2. The first-order chi connectivity index (χ1) is 11.1. The normalized spacial score (nSPS) is 19.8. The van der Waals surface area contributed by atoms with E-state index in [1.165, 1.54) is 18.4 Å². The number of carbonyl (C=O) groups excluding carboxylic acids is 2. The number of hydrogen-bond donors (Lipinski definition) is 1. The van der Waals surface area contributed by atoms with E-state index in [0.717, 1.165) is 31.5 Å². The molecule has 1 aliphatic heterocycles. The Morgan fingerprint density at radius 1 is 1.04 bits per heavy atom. The number of rotatable bonds is 4. The molecule has 23 heavy (non-hydrogen) atoms. The summed E-state index contributed by atoms with van der Waals surface area (Å²) in [6.07, 6.45) is 5.90. The largest absolute Gasteiger partial charge is 0.351 e. The molecule has 1 saturated heterocycles. The molecule has 1 heterocycles. The van der Waals surface area contributed by atoms with E-state index in [-0.39, 0.29) is 11.8 Å². The van der Waals surface area contributed by atoms with Gasteiger partial charge in [-0.1, -0.05) is 42.7 Å². The highest BCUT2D eigenvalue weighted by molar-refractivity contribution is 6.07. The third-order valence-electron chi connectivity index (χ3n) is 5.06. The highest BCUT2D eigenvalue weighted by Gasteiger charge is 2.57. The van der Waals surface area contributed by atoms with Gasteiger partial charge in [0.05, 0.1) is 0 Å². The number of carbonyl (C=O) groups is 2. The molecule has 0 spiro atoms. The van der Waals surface area contributed by atoms with Crippen molar-refractivity contribution in [3.8, 4) is 0 Å². The minimum absolute atomic E-state index is 0.0563. The van der Waals surface area contributed by atoms with Crippen LogP contribution in [0.5, 0.6) is 0 Å². The van der Waals surface area contributed by atoms with Gasteiger partial charge < -0.3 is 10.2 Å². The average Bonchev–Trinajstić information content (AvgIpc) is 3.38. The molecule has 0 bridgehead atoms. The zero-order valence-electron chi connectivity index (χ0n) is 13.9. The lowest BCUT2D eigenvalue weighted by Crippen LogP contribution is -2.45. The van der Waals surface area contributed by atoms with Crippen LogP contribution in [0.4, 0.5) is 0 Å². The van der Waals surface area contributed by atoms with E-state index in [9.17, 15) is 9.59 Å². The van der Waals surface area contributed by atoms with Crippen LogP contribution in [0.1, 0.15) is 49.7 Å². The maximum atomic E-state index is 12.8. The van der Waals surface area contributed by atoms with E-state index in [4.69, 9.17) is 0 Å². The molecular formula is C19H26N2O2. The van der Waals surface area contributed by atoms with Crippen LogP contribution in [0.25, 0.3) is 0 Å². The highest BCUT2D eigenvalue weighted by Crippen LogP contribution is 2.47. The quantitative estimate of drug-likeness (QED) is 0.869. The summed E-state index contributed by atoms with van der Waals surface area (Å²) >= 11 is 0. The van der Waals surface area contributed by atoms with Crippen molar-refractivity contribution in [2.24, 2.45) is 5.41 Å². The third-order valence-corrected chi connectivity index (χ3v) is 5.06. The number of amides is 2. The molecule has 3 rings (SSSR count). The summed E-state index contributed by atoms with van der Waals surface area (Å²) in [6, 6.07) is 8.12. The summed E-state index contributed by atoms with van der Waals surface area (Å²) in [5, 5.41) is 2.97. The van der Waals surface area contributed by atoms with Gasteiger partial charge >= 0.3 is 0 Å². The van der Waals surface area contributed by atoms with E-state index in [2.05, 4.69) is 5.32 Å². The van der Waals surface area contributed by atoms with Crippen LogP contribution >= 0.6 is 0 Å². The molecule has 2 fully saturated rings. The fourth-order valence-electron chi connectivity index (χ4n) is 3.30. The van der Waals surface area contributed by atoms with Crippen molar-refractivity contribution >= 4 is 11.8 Å². The molecule has 0 atom stereocenters. The Kier molecular flexibility index (Phi) is 4.69. The molecule has 0 unspecified atom stereocenters. The molecule has 0 radical (unpaired) electrons. The lowest BCUT2D eigenvalue weighted by molar-refractivity contribution is -0.144. The second-order valence-electron chi connectivity index (χ2n) is 6.96. The van der Waals surface area contributed by atoms with Crippen LogP contribution in [-0.2, 0) is 16.1 Å². The zero-order valence-corrected chi connectivity index (χ0v) is 13.9. The molecule has 0 aromatic heterocycles. The van der Waals surface area contributed by atoms with E-state index >= 15 is 0 Å². The molecular weight excluding hydrogens is 288 g/mol. The van der Waals surface area contributed by atoms with Crippen LogP contribution in [0.15, 0.2) is 24.3 Å². The van der Waals surface area contributed by atoms with Crippen molar-refractivity contribution in [2.75, 3.05) is 13.1 Å². The summed E-state index contributed by atoms with van der Waals surface area (Å²) in [4.78, 5) is 27.3. The molecule has 1 aromatic carbocycles. The molecule has 2 amide bonds. The van der Waals surface area contributed by atoms with Crippen LogP contribution in [0.3, 0.4) is 0 Å². The van der Waals surface area contributed by atoms with Crippen LogP contribution in [-0.4, -0.2) is 29.8 Å². The summed E-state index contributed by atoms with van der Waals surface area (Å²) in [7, 11) is 0. The Balaban J connectivity index is 1.59. The Labute approximate surface area is 138 Å². The first kappa shape index (κ1) is 16.0. The Hall–Kier alpha value is -1.84. The van der Waals surface area contributed by atoms with Gasteiger partial charge in [0.25, 0.3) is 0 Å². The molecule has 1 aliphatic carbocycles. The third kappa shape index (κ3) is 3.57. The van der Waals surface area contributed by atoms with Gasteiger partial charge in [-0.05, 0) is 38.2 Å². The topological polar surface area (TPSA) is 49.4 Å². The van der Waals surface area contributed by atoms with Crippen molar-refractivity contribution in [3.63, 3.8) is 0 Å². The Morgan fingerprint density at radius 3 is 2.22 bits per heavy atom. The van der Waals surface area contributed by atoms with Gasteiger partial charge in [-0.3, -0.25) is 9.59 Å². The number of nitrogens with one attached hydrogen (secondary N) is 1. The number of aryl methyl sites for hydroxylation is 1. The minimum Gasteiger partial charge on any atom is -0.351 e. The molecule has 1 N–H and O–H groups in total. The summed E-state index contributed by atoms with van der Waals surface area (Å²) in [5.41, 5.74) is 1.51. The van der Waals surface area contributed by atoms with E-state index in [1.54, 1.807) is 0 Å². The predicted molar refractivity (Wildman–Crippen MR) is 89.7 cm³/mol. The van der Waals surface area contributed by atoms with Gasteiger partial charge in [0.15, 0.2) is 0 Å². The lowest BCUT2D eigenvalue weighted by atomic mass is 10.0. The SMILES string of the molecule is Cc1ccc(CNC(=O)C2(C(=O)N3CCCCCC3)CC2)cc1. The van der Waals surface area contributed by atoms with Gasteiger partial charge in [-0.15, -0.1) is 0 Å². The second-order valence-corrected chi connectivity index (χ2v) is 6.96. The first-order valence-electron chi connectivity index (χ1n) is 8.75. The summed E-state index contributed by atoms with van der Waals surface area (Å²) < 4.78 is 0. The Morgan fingerprint density at radius 2 is 1.65 bits per heavy atom. The molecule has 1 saturated carbocycles. The highest BCUT2D eigenvalue weighted by atomic mass is 16.2. The molecule has 4 heteroatoms. The smallest absolute Gasteiger partial charge is 0.238 e. The van der Waals surface area contributed by atoms with Crippen molar-refractivity contribution < 1.29 is 9.59 Å². The van der Waals surface area contributed by atoms with Gasteiger partial charge in [0.1, 0.15) is 5.41 Å². The number of likely N-dealkylation sites (tertiary alicyclic amines) is 1. The van der Waals surface area contributed by atoms with Gasteiger partial charge in [-0.25, -0.2) is 0 Å². The minimum atomic E-state index is -0.769. The molecule has 1 aromatic rings. The second kappa shape index (κ2) is 6.73. The lowest BCUT2D eigenvalue weighted by Gasteiger charge is -2.25. The van der Waals surface area contributed by atoms with Crippen molar-refractivity contribution in [2.45, 2.75) is 52.0 Å². The molecule has 2 aliphatic rings. The summed E-state index contributed by atoms with van der Waals surface area (Å²) in [6.45, 7) is 4.16. The van der Waals surface area contributed by atoms with Crippen molar-refractivity contribution in [3.05, 3.63) is 35.4 Å². The van der Waals surface area contributed by atoms with E-state index < -0.39 is 5.41 Å². The van der Waals surface area contributed by atoms with E-state index in [1.807, 2.05) is 36.1 Å². The Bertz CT molecular complexity index is 568. The van der Waals surface area contributed by atoms with Crippen LogP contribution in [0, 0.1) is 12.3 Å².